The largest absolute Gasteiger partial charge is 0.478 e. The van der Waals surface area contributed by atoms with E-state index in [2.05, 4.69) is 10.1 Å². The van der Waals surface area contributed by atoms with Crippen LogP contribution in [0, 0.1) is 0 Å². The Morgan fingerprint density at radius 1 is 1.04 bits per heavy atom. The van der Waals surface area contributed by atoms with Crippen LogP contribution in [0.2, 0.25) is 0 Å². The maximum absolute atomic E-state index is 11.4. The molecule has 0 atom stereocenters. The van der Waals surface area contributed by atoms with Crippen LogP contribution in [0.15, 0.2) is 60.8 Å². The topological polar surface area (TPSA) is 67.5 Å². The van der Waals surface area contributed by atoms with Crippen LogP contribution in [-0.4, -0.2) is 25.7 Å². The van der Waals surface area contributed by atoms with E-state index in [4.69, 9.17) is 0 Å². The quantitative estimate of drug-likeness (QED) is 0.623. The molecule has 0 aliphatic carbocycles. The van der Waals surface area contributed by atoms with Crippen molar-refractivity contribution in [3.8, 4) is 21.8 Å². The smallest absolute Gasteiger partial charge is 0.336 e. The number of carbonyl (C=O) groups is 1. The van der Waals surface area contributed by atoms with Crippen LogP contribution < -0.4 is 0 Å². The summed E-state index contributed by atoms with van der Waals surface area (Å²) in [4.78, 5) is 16.5. The molecule has 0 aliphatic rings. The van der Waals surface area contributed by atoms with Gasteiger partial charge < -0.3 is 5.11 Å². The summed E-state index contributed by atoms with van der Waals surface area (Å²) in [6, 6.07) is 16.7. The van der Waals surface area contributed by atoms with Gasteiger partial charge in [-0.15, -0.1) is 0 Å². The lowest BCUT2D eigenvalue weighted by atomic mass is 10.1. The standard InChI is InChI=1S/C17H11N3O2S/c21-16(22)13-9-5-4-8-12(13)15-19-20-14(10-18-17(20)23-15)11-6-2-1-3-7-11/h1-10H,(H,21,22). The van der Waals surface area contributed by atoms with E-state index in [1.165, 1.54) is 11.3 Å². The Morgan fingerprint density at radius 3 is 2.57 bits per heavy atom. The summed E-state index contributed by atoms with van der Waals surface area (Å²) in [5, 5.41) is 14.6. The molecule has 1 N–H and O–H groups in total. The Hall–Kier alpha value is -2.99. The summed E-state index contributed by atoms with van der Waals surface area (Å²) in [6.07, 6.45) is 1.78. The van der Waals surface area contributed by atoms with Gasteiger partial charge >= 0.3 is 5.97 Å². The van der Waals surface area contributed by atoms with Crippen LogP contribution in [0.4, 0.5) is 0 Å². The molecule has 0 saturated carbocycles. The van der Waals surface area contributed by atoms with Crippen molar-refractivity contribution in [2.45, 2.75) is 0 Å². The first-order valence-corrected chi connectivity index (χ1v) is 7.78. The fourth-order valence-corrected chi connectivity index (χ4v) is 3.38. The normalized spacial score (nSPS) is 11.0. The van der Waals surface area contributed by atoms with Crippen LogP contribution in [0.3, 0.4) is 0 Å². The summed E-state index contributed by atoms with van der Waals surface area (Å²) >= 11 is 1.37. The number of carboxylic acid groups (broad SMARTS) is 1. The highest BCUT2D eigenvalue weighted by atomic mass is 32.1. The first kappa shape index (κ1) is 13.7. The minimum atomic E-state index is -0.961. The van der Waals surface area contributed by atoms with Crippen LogP contribution in [0.1, 0.15) is 10.4 Å². The molecule has 0 aliphatic heterocycles. The van der Waals surface area contributed by atoms with E-state index >= 15 is 0 Å². The summed E-state index contributed by atoms with van der Waals surface area (Å²) in [5.41, 5.74) is 2.75. The van der Waals surface area contributed by atoms with Crippen molar-refractivity contribution in [2.24, 2.45) is 0 Å². The van der Waals surface area contributed by atoms with Gasteiger partial charge in [0.2, 0.25) is 4.96 Å². The third-order valence-electron chi connectivity index (χ3n) is 3.54. The van der Waals surface area contributed by atoms with Crippen LogP contribution in [0.5, 0.6) is 0 Å². The number of benzene rings is 2. The van der Waals surface area contributed by atoms with Crippen LogP contribution >= 0.6 is 11.3 Å². The zero-order valence-corrected chi connectivity index (χ0v) is 12.7. The fraction of sp³-hybridized carbons (Fsp3) is 0. The van der Waals surface area contributed by atoms with Gasteiger partial charge in [-0.1, -0.05) is 59.9 Å². The van der Waals surface area contributed by atoms with E-state index in [-0.39, 0.29) is 5.56 Å². The molecule has 0 radical (unpaired) electrons. The first-order chi connectivity index (χ1) is 11.2. The third-order valence-corrected chi connectivity index (χ3v) is 4.50. The predicted molar refractivity (Wildman–Crippen MR) is 88.7 cm³/mol. The molecular weight excluding hydrogens is 310 g/mol. The third kappa shape index (κ3) is 2.29. The molecule has 2 aromatic carbocycles. The number of carboxylic acids is 1. The Labute approximate surface area is 135 Å². The lowest BCUT2D eigenvalue weighted by molar-refractivity contribution is 0.0697. The predicted octanol–water partition coefficient (Wildman–Crippen LogP) is 3.82. The average Bonchev–Trinajstić information content (AvgIpc) is 3.16. The Balaban J connectivity index is 1.89. The molecule has 0 bridgehead atoms. The number of imidazole rings is 1. The number of fused-ring (bicyclic) bond motifs is 1. The van der Waals surface area contributed by atoms with E-state index in [1.54, 1.807) is 28.9 Å². The number of hydrogen-bond acceptors (Lipinski definition) is 4. The Kier molecular flexibility index (Phi) is 3.17. The fourth-order valence-electron chi connectivity index (χ4n) is 2.46. The number of hydrogen-bond donors (Lipinski definition) is 1. The van der Waals surface area contributed by atoms with Gasteiger partial charge in [-0.3, -0.25) is 0 Å². The highest BCUT2D eigenvalue weighted by Crippen LogP contribution is 2.31. The minimum absolute atomic E-state index is 0.241. The molecule has 0 amide bonds. The molecule has 4 aromatic rings. The lowest BCUT2D eigenvalue weighted by Gasteiger charge is -2.01. The second-order valence-corrected chi connectivity index (χ2v) is 5.92. The number of rotatable bonds is 3. The van der Waals surface area contributed by atoms with Crippen molar-refractivity contribution in [2.75, 3.05) is 0 Å². The number of nitrogens with zero attached hydrogens (tertiary/aromatic N) is 3. The summed E-state index contributed by atoms with van der Waals surface area (Å²) in [6.45, 7) is 0. The van der Waals surface area contributed by atoms with Crippen molar-refractivity contribution in [1.82, 2.24) is 14.6 Å². The molecule has 0 fully saturated rings. The van der Waals surface area contributed by atoms with Gasteiger partial charge in [0, 0.05) is 11.1 Å². The van der Waals surface area contributed by atoms with Crippen molar-refractivity contribution in [3.63, 3.8) is 0 Å². The lowest BCUT2D eigenvalue weighted by Crippen LogP contribution is -1.99. The molecule has 0 saturated heterocycles. The van der Waals surface area contributed by atoms with E-state index in [9.17, 15) is 9.90 Å². The molecule has 6 heteroatoms. The van der Waals surface area contributed by atoms with Crippen molar-refractivity contribution >= 4 is 22.3 Å². The van der Waals surface area contributed by atoms with E-state index in [1.807, 2.05) is 36.4 Å². The van der Waals surface area contributed by atoms with Gasteiger partial charge in [0.1, 0.15) is 5.01 Å². The number of aromatic nitrogens is 3. The minimum Gasteiger partial charge on any atom is -0.478 e. The zero-order valence-electron chi connectivity index (χ0n) is 11.9. The molecule has 112 valence electrons. The van der Waals surface area contributed by atoms with Crippen molar-refractivity contribution in [3.05, 3.63) is 66.4 Å². The van der Waals surface area contributed by atoms with Crippen molar-refractivity contribution in [1.29, 1.82) is 0 Å². The summed E-state index contributed by atoms with van der Waals surface area (Å²) in [7, 11) is 0. The molecule has 2 heterocycles. The van der Waals surface area contributed by atoms with Gasteiger partial charge in [-0.05, 0) is 6.07 Å². The van der Waals surface area contributed by atoms with Gasteiger partial charge in [-0.2, -0.15) is 5.10 Å². The molecule has 2 aromatic heterocycles. The molecule has 5 nitrogen and oxygen atoms in total. The monoisotopic (exact) mass is 321 g/mol. The molecule has 0 unspecified atom stereocenters. The maximum Gasteiger partial charge on any atom is 0.336 e. The summed E-state index contributed by atoms with van der Waals surface area (Å²) in [5.74, 6) is -0.961. The van der Waals surface area contributed by atoms with E-state index in [0.29, 0.717) is 10.6 Å². The number of aromatic carboxylic acids is 1. The van der Waals surface area contributed by atoms with E-state index < -0.39 is 5.97 Å². The van der Waals surface area contributed by atoms with Crippen molar-refractivity contribution < 1.29 is 9.90 Å². The van der Waals surface area contributed by atoms with Gasteiger partial charge in [0.05, 0.1) is 17.5 Å². The summed E-state index contributed by atoms with van der Waals surface area (Å²) < 4.78 is 1.76. The second kappa shape index (κ2) is 5.33. The molecule has 23 heavy (non-hydrogen) atoms. The highest BCUT2D eigenvalue weighted by molar-refractivity contribution is 7.19. The Bertz CT molecular complexity index is 1010. The molecular formula is C17H11N3O2S. The zero-order chi connectivity index (χ0) is 15.8. The van der Waals surface area contributed by atoms with Crippen LogP contribution in [-0.2, 0) is 0 Å². The van der Waals surface area contributed by atoms with Gasteiger partial charge in [-0.25, -0.2) is 14.3 Å². The van der Waals surface area contributed by atoms with E-state index in [0.717, 1.165) is 16.2 Å². The second-order valence-electron chi connectivity index (χ2n) is 4.96. The highest BCUT2D eigenvalue weighted by Gasteiger charge is 2.17. The molecule has 4 rings (SSSR count). The van der Waals surface area contributed by atoms with Crippen LogP contribution in [0.25, 0.3) is 26.8 Å². The first-order valence-electron chi connectivity index (χ1n) is 6.97. The van der Waals surface area contributed by atoms with Gasteiger partial charge in [0.25, 0.3) is 0 Å². The average molecular weight is 321 g/mol. The Morgan fingerprint density at radius 2 is 1.78 bits per heavy atom. The maximum atomic E-state index is 11.4. The SMILES string of the molecule is O=C(O)c1ccccc1-c1nn2c(-c3ccccc3)cnc2s1. The van der Waals surface area contributed by atoms with Gasteiger partial charge in [0.15, 0.2) is 0 Å². The molecule has 0 spiro atoms.